The zero-order valence-corrected chi connectivity index (χ0v) is 22.3. The number of methoxy groups -OCH3 is 1. The Balaban J connectivity index is 1.57. The van der Waals surface area contributed by atoms with E-state index in [0.29, 0.717) is 18.9 Å². The molecule has 0 spiro atoms. The number of amides is 2. The van der Waals surface area contributed by atoms with Crippen molar-refractivity contribution in [3.63, 3.8) is 0 Å². The predicted octanol–water partition coefficient (Wildman–Crippen LogP) is 4.09. The molecule has 0 bridgehead atoms. The van der Waals surface area contributed by atoms with Gasteiger partial charge in [-0.15, -0.1) is 0 Å². The van der Waals surface area contributed by atoms with Gasteiger partial charge in [-0.2, -0.15) is 0 Å². The second-order valence-electron chi connectivity index (χ2n) is 8.58. The number of carbonyl (C=O) groups excluding carboxylic acids is 2. The Kier molecular flexibility index (Phi) is 8.88. The van der Waals surface area contributed by atoms with Gasteiger partial charge < -0.3 is 20.1 Å². The van der Waals surface area contributed by atoms with Gasteiger partial charge in [0.05, 0.1) is 40.1 Å². The van der Waals surface area contributed by atoms with Crippen LogP contribution in [0.3, 0.4) is 0 Å². The van der Waals surface area contributed by atoms with Crippen molar-refractivity contribution in [3.05, 3.63) is 83.4 Å². The van der Waals surface area contributed by atoms with Crippen molar-refractivity contribution in [2.45, 2.75) is 23.8 Å². The molecular formula is C27H28ClN3O6S. The molecule has 0 radical (unpaired) electrons. The van der Waals surface area contributed by atoms with E-state index in [1.54, 1.807) is 42.5 Å². The lowest BCUT2D eigenvalue weighted by atomic mass is 10.1. The molecule has 11 heteroatoms. The summed E-state index contributed by atoms with van der Waals surface area (Å²) in [4.78, 5) is 26.0. The van der Waals surface area contributed by atoms with E-state index in [1.807, 2.05) is 0 Å². The fraction of sp³-hybridized carbons (Fsp3) is 0.259. The Morgan fingerprint density at radius 2 is 1.82 bits per heavy atom. The molecule has 2 amide bonds. The van der Waals surface area contributed by atoms with Gasteiger partial charge in [-0.3, -0.25) is 13.9 Å². The second kappa shape index (κ2) is 12.3. The number of carbonyl (C=O) groups is 2. The topological polar surface area (TPSA) is 114 Å². The Morgan fingerprint density at radius 1 is 1.08 bits per heavy atom. The second-order valence-corrected chi connectivity index (χ2v) is 10.9. The highest BCUT2D eigenvalue weighted by molar-refractivity contribution is 7.92. The van der Waals surface area contributed by atoms with E-state index in [4.69, 9.17) is 21.1 Å². The van der Waals surface area contributed by atoms with E-state index in [9.17, 15) is 18.0 Å². The van der Waals surface area contributed by atoms with Crippen LogP contribution in [0.1, 0.15) is 23.2 Å². The first-order valence-electron chi connectivity index (χ1n) is 12.0. The molecule has 1 atom stereocenters. The Bertz CT molecular complexity index is 1390. The maximum Gasteiger partial charge on any atom is 0.264 e. The maximum absolute atomic E-state index is 13.6. The van der Waals surface area contributed by atoms with Crippen LogP contribution < -0.4 is 19.7 Å². The third-order valence-corrected chi connectivity index (χ3v) is 8.09. The van der Waals surface area contributed by atoms with Gasteiger partial charge >= 0.3 is 0 Å². The van der Waals surface area contributed by atoms with E-state index >= 15 is 0 Å². The van der Waals surface area contributed by atoms with Crippen molar-refractivity contribution < 1.29 is 27.5 Å². The molecule has 2 N–H and O–H groups in total. The molecule has 0 saturated carbocycles. The van der Waals surface area contributed by atoms with Gasteiger partial charge in [-0.1, -0.05) is 41.9 Å². The summed E-state index contributed by atoms with van der Waals surface area (Å²) in [5, 5.41) is 5.71. The van der Waals surface area contributed by atoms with Crippen molar-refractivity contribution in [3.8, 4) is 5.75 Å². The summed E-state index contributed by atoms with van der Waals surface area (Å²) in [7, 11) is -2.70. The van der Waals surface area contributed by atoms with Crippen LogP contribution in [0.4, 0.5) is 11.4 Å². The minimum atomic E-state index is -4.14. The number of rotatable bonds is 10. The number of hydrogen-bond acceptors (Lipinski definition) is 6. The Labute approximate surface area is 226 Å². The average Bonchev–Trinajstić information content (AvgIpc) is 3.45. The highest BCUT2D eigenvalue weighted by Crippen LogP contribution is 2.32. The molecule has 1 aliphatic heterocycles. The van der Waals surface area contributed by atoms with Crippen molar-refractivity contribution in [2.24, 2.45) is 0 Å². The van der Waals surface area contributed by atoms with Crippen LogP contribution in [0.25, 0.3) is 0 Å². The molecule has 3 aromatic rings. The zero-order valence-electron chi connectivity index (χ0n) is 20.7. The number of hydrogen-bond donors (Lipinski definition) is 2. The smallest absolute Gasteiger partial charge is 0.264 e. The maximum atomic E-state index is 13.6. The normalized spacial score (nSPS) is 15.1. The van der Waals surface area contributed by atoms with E-state index in [1.165, 1.54) is 37.4 Å². The molecule has 1 fully saturated rings. The van der Waals surface area contributed by atoms with Crippen LogP contribution in [0, 0.1) is 0 Å². The van der Waals surface area contributed by atoms with Gasteiger partial charge in [-0.25, -0.2) is 8.42 Å². The molecule has 200 valence electrons. The molecule has 3 aromatic carbocycles. The lowest BCUT2D eigenvalue weighted by molar-refractivity contribution is -0.114. The Morgan fingerprint density at radius 3 is 2.50 bits per heavy atom. The molecule has 9 nitrogen and oxygen atoms in total. The number of benzene rings is 3. The van der Waals surface area contributed by atoms with Crippen LogP contribution in [-0.2, 0) is 19.6 Å². The molecule has 38 heavy (non-hydrogen) atoms. The molecule has 4 rings (SSSR count). The van der Waals surface area contributed by atoms with E-state index in [-0.39, 0.29) is 38.9 Å². The van der Waals surface area contributed by atoms with Crippen molar-refractivity contribution >= 4 is 44.8 Å². The molecule has 1 heterocycles. The fourth-order valence-corrected chi connectivity index (χ4v) is 5.75. The van der Waals surface area contributed by atoms with Gasteiger partial charge in [0.2, 0.25) is 5.91 Å². The molecule has 0 aliphatic carbocycles. The predicted molar refractivity (Wildman–Crippen MR) is 145 cm³/mol. The van der Waals surface area contributed by atoms with Crippen molar-refractivity contribution in [1.29, 1.82) is 0 Å². The fourth-order valence-electron chi connectivity index (χ4n) is 4.06. The zero-order chi connectivity index (χ0) is 27.1. The molecule has 0 unspecified atom stereocenters. The number of para-hydroxylation sites is 1. The third-order valence-electron chi connectivity index (χ3n) is 6.00. The molecule has 0 aromatic heterocycles. The number of anilines is 2. The number of nitrogens with zero attached hydrogens (tertiary/aromatic N) is 1. The summed E-state index contributed by atoms with van der Waals surface area (Å²) >= 11 is 6.27. The number of nitrogens with one attached hydrogen (secondary N) is 2. The average molecular weight is 558 g/mol. The summed E-state index contributed by atoms with van der Waals surface area (Å²) in [5.74, 6) is -0.650. The lowest BCUT2D eigenvalue weighted by Gasteiger charge is -2.25. The number of sulfonamides is 1. The van der Waals surface area contributed by atoms with Crippen LogP contribution in [0.5, 0.6) is 5.75 Å². The lowest BCUT2D eigenvalue weighted by Crippen LogP contribution is -2.38. The summed E-state index contributed by atoms with van der Waals surface area (Å²) in [6.45, 7) is 0.475. The van der Waals surface area contributed by atoms with Crippen molar-refractivity contribution in [1.82, 2.24) is 5.32 Å². The summed E-state index contributed by atoms with van der Waals surface area (Å²) in [5.41, 5.74) is 0.688. The summed E-state index contributed by atoms with van der Waals surface area (Å²) < 4.78 is 38.8. The van der Waals surface area contributed by atoms with Gasteiger partial charge in [0.1, 0.15) is 12.3 Å². The summed E-state index contributed by atoms with van der Waals surface area (Å²) in [6.07, 6.45) is 1.79. The first kappa shape index (κ1) is 27.4. The number of ether oxygens (including phenoxy) is 2. The Hall–Kier alpha value is -3.60. The monoisotopic (exact) mass is 557 g/mol. The van der Waals surface area contributed by atoms with Gasteiger partial charge in [0, 0.05) is 13.2 Å². The largest absolute Gasteiger partial charge is 0.495 e. The van der Waals surface area contributed by atoms with Crippen LogP contribution in [0.15, 0.2) is 77.7 Å². The van der Waals surface area contributed by atoms with Gasteiger partial charge in [0.15, 0.2) is 0 Å². The van der Waals surface area contributed by atoms with E-state index in [0.717, 1.165) is 17.1 Å². The summed E-state index contributed by atoms with van der Waals surface area (Å²) in [6, 6.07) is 18.7. The van der Waals surface area contributed by atoms with Crippen LogP contribution >= 0.6 is 11.6 Å². The first-order valence-corrected chi connectivity index (χ1v) is 13.8. The van der Waals surface area contributed by atoms with Crippen LogP contribution in [-0.4, -0.2) is 53.1 Å². The third kappa shape index (κ3) is 6.45. The highest BCUT2D eigenvalue weighted by atomic mass is 35.5. The van der Waals surface area contributed by atoms with Gasteiger partial charge in [-0.05, 0) is 55.3 Å². The molecule has 1 aliphatic rings. The van der Waals surface area contributed by atoms with Gasteiger partial charge in [0.25, 0.3) is 15.9 Å². The first-order chi connectivity index (χ1) is 18.3. The van der Waals surface area contributed by atoms with E-state index in [2.05, 4.69) is 10.6 Å². The molecule has 1 saturated heterocycles. The quantitative estimate of drug-likeness (QED) is 0.388. The SMILES string of the molecule is COc1ccc(N(CC(=O)Nc2ccccc2C(=O)NC[C@@H]2CCCO2)S(=O)(=O)c2ccccc2)cc1Cl. The van der Waals surface area contributed by atoms with Crippen LogP contribution in [0.2, 0.25) is 5.02 Å². The van der Waals surface area contributed by atoms with Crippen molar-refractivity contribution in [2.75, 3.05) is 36.4 Å². The standard InChI is InChI=1S/C27H28ClN3O6S/c1-36-25-14-13-19(16-23(25)28)31(38(34,35)21-9-3-2-4-10-21)18-26(32)30-24-12-6-5-11-22(24)27(33)29-17-20-8-7-15-37-20/h2-6,9-14,16,20H,7-8,15,17-18H2,1H3,(H,29,33)(H,30,32)/t20-/m0/s1. The number of halogens is 1. The molecular weight excluding hydrogens is 530 g/mol. The highest BCUT2D eigenvalue weighted by Gasteiger charge is 2.28. The minimum absolute atomic E-state index is 0.00801. The minimum Gasteiger partial charge on any atom is -0.495 e. The van der Waals surface area contributed by atoms with E-state index < -0.39 is 22.5 Å².